The Morgan fingerprint density at radius 1 is 1.70 bits per heavy atom. The molecule has 0 aromatic carbocycles. The van der Waals surface area contributed by atoms with Crippen LogP contribution in [-0.2, 0) is 0 Å². The minimum absolute atomic E-state index is 0.202. The lowest BCUT2D eigenvalue weighted by Crippen LogP contribution is -1.86. The van der Waals surface area contributed by atoms with Gasteiger partial charge in [0.2, 0.25) is 5.89 Å². The molecule has 0 N–H and O–H groups in total. The fourth-order valence-corrected chi connectivity index (χ4v) is 0.801. The molecular weight excluding hydrogens is 196 g/mol. The van der Waals surface area contributed by atoms with E-state index in [1.54, 1.807) is 0 Å². The summed E-state index contributed by atoms with van der Waals surface area (Å²) in [5.41, 5.74) is 0. The molecule has 0 aliphatic rings. The van der Waals surface area contributed by atoms with Gasteiger partial charge in [-0.25, -0.2) is 0 Å². The van der Waals surface area contributed by atoms with Crippen molar-refractivity contribution in [2.45, 2.75) is 25.1 Å². The third-order valence-electron chi connectivity index (χ3n) is 1.17. The molecule has 0 aliphatic heterocycles. The predicted octanol–water partition coefficient (Wildman–Crippen LogP) is 2.22. The molecule has 0 fully saturated rings. The second-order valence-electron chi connectivity index (χ2n) is 2.06. The minimum Gasteiger partial charge on any atom is -0.338 e. The molecule has 1 atom stereocenters. The Labute approximate surface area is 67.9 Å². The third kappa shape index (κ3) is 1.56. The first kappa shape index (κ1) is 7.72. The number of rotatable bonds is 2. The minimum atomic E-state index is 0.202. The summed E-state index contributed by atoms with van der Waals surface area (Å²) in [5, 5.41) is 3.67. The predicted molar refractivity (Wildman–Crippen MR) is 41.0 cm³/mol. The molecule has 0 amide bonds. The van der Waals surface area contributed by atoms with Gasteiger partial charge < -0.3 is 4.52 Å². The van der Waals surface area contributed by atoms with Crippen LogP contribution in [-0.4, -0.2) is 10.1 Å². The van der Waals surface area contributed by atoms with Crippen LogP contribution in [0.4, 0.5) is 0 Å². The highest BCUT2D eigenvalue weighted by atomic mass is 79.9. The molecule has 3 nitrogen and oxygen atoms in total. The molecule has 1 aromatic rings. The molecule has 1 unspecified atom stereocenters. The first-order chi connectivity index (χ1) is 4.74. The van der Waals surface area contributed by atoms with Gasteiger partial charge in [0.15, 0.2) is 5.82 Å². The van der Waals surface area contributed by atoms with E-state index in [-0.39, 0.29) is 4.83 Å². The molecular formula is C6H9BrN2O. The third-order valence-corrected chi connectivity index (χ3v) is 2.21. The molecule has 0 radical (unpaired) electrons. The van der Waals surface area contributed by atoms with Crippen molar-refractivity contribution in [2.75, 3.05) is 0 Å². The number of aromatic nitrogens is 2. The normalized spacial score (nSPS) is 13.5. The number of halogens is 1. The average molecular weight is 205 g/mol. The quantitative estimate of drug-likeness (QED) is 0.694. The number of nitrogens with zero attached hydrogens (tertiary/aromatic N) is 2. The number of hydrogen-bond donors (Lipinski definition) is 0. The topological polar surface area (TPSA) is 38.9 Å². The van der Waals surface area contributed by atoms with Crippen LogP contribution < -0.4 is 0 Å². The van der Waals surface area contributed by atoms with Crippen molar-refractivity contribution in [3.8, 4) is 0 Å². The lowest BCUT2D eigenvalue weighted by Gasteiger charge is -1.95. The summed E-state index contributed by atoms with van der Waals surface area (Å²) in [5.74, 6) is 1.35. The second kappa shape index (κ2) is 3.14. The highest BCUT2D eigenvalue weighted by Gasteiger charge is 2.11. The van der Waals surface area contributed by atoms with Gasteiger partial charge in [0, 0.05) is 0 Å². The first-order valence-corrected chi connectivity index (χ1v) is 4.10. The van der Waals surface area contributed by atoms with Crippen molar-refractivity contribution < 1.29 is 4.52 Å². The van der Waals surface area contributed by atoms with Crippen molar-refractivity contribution >= 4 is 15.9 Å². The molecule has 1 heterocycles. The summed E-state index contributed by atoms with van der Waals surface area (Å²) in [6.45, 7) is 3.86. The molecule has 0 saturated heterocycles. The van der Waals surface area contributed by atoms with Crippen molar-refractivity contribution in [1.82, 2.24) is 10.1 Å². The summed E-state index contributed by atoms with van der Waals surface area (Å²) in [6, 6.07) is 0. The van der Waals surface area contributed by atoms with Crippen molar-refractivity contribution in [3.05, 3.63) is 11.7 Å². The fraction of sp³-hybridized carbons (Fsp3) is 0.667. The Hall–Kier alpha value is -0.380. The van der Waals surface area contributed by atoms with E-state index in [1.807, 2.05) is 6.92 Å². The highest BCUT2D eigenvalue weighted by Crippen LogP contribution is 2.23. The van der Waals surface area contributed by atoms with Crippen LogP contribution in [0.3, 0.4) is 0 Å². The molecule has 4 heteroatoms. The summed E-state index contributed by atoms with van der Waals surface area (Å²) < 4.78 is 4.91. The Morgan fingerprint density at radius 3 is 2.80 bits per heavy atom. The van der Waals surface area contributed by atoms with E-state index in [0.717, 1.165) is 6.42 Å². The Balaban J connectivity index is 2.74. The molecule has 10 heavy (non-hydrogen) atoms. The number of alkyl halides is 1. The standard InChI is InChI=1S/C6H9BrN2O/c1-3-5(7)6-8-4(2)9-10-6/h5H,3H2,1-2H3. The maximum atomic E-state index is 4.91. The van der Waals surface area contributed by atoms with Crippen LogP contribution in [0.25, 0.3) is 0 Å². The van der Waals surface area contributed by atoms with E-state index in [2.05, 4.69) is 33.0 Å². The largest absolute Gasteiger partial charge is 0.338 e. The van der Waals surface area contributed by atoms with E-state index in [4.69, 9.17) is 4.52 Å². The molecule has 0 saturated carbocycles. The van der Waals surface area contributed by atoms with E-state index in [0.29, 0.717) is 11.7 Å². The van der Waals surface area contributed by atoms with Crippen LogP contribution in [0, 0.1) is 6.92 Å². The van der Waals surface area contributed by atoms with E-state index >= 15 is 0 Å². The smallest absolute Gasteiger partial charge is 0.240 e. The lowest BCUT2D eigenvalue weighted by atomic mass is 10.3. The summed E-state index contributed by atoms with van der Waals surface area (Å²) in [7, 11) is 0. The number of hydrogen-bond acceptors (Lipinski definition) is 3. The summed E-state index contributed by atoms with van der Waals surface area (Å²) in [6.07, 6.45) is 0.960. The molecule has 56 valence electrons. The zero-order valence-corrected chi connectivity index (χ0v) is 7.55. The van der Waals surface area contributed by atoms with Crippen LogP contribution in [0.5, 0.6) is 0 Å². The van der Waals surface area contributed by atoms with E-state index < -0.39 is 0 Å². The van der Waals surface area contributed by atoms with E-state index in [9.17, 15) is 0 Å². The highest BCUT2D eigenvalue weighted by molar-refractivity contribution is 9.09. The number of aryl methyl sites for hydroxylation is 1. The maximum Gasteiger partial charge on any atom is 0.240 e. The summed E-state index contributed by atoms with van der Waals surface area (Å²) in [4.78, 5) is 4.26. The lowest BCUT2D eigenvalue weighted by molar-refractivity contribution is 0.373. The average Bonchev–Trinajstić information content (AvgIpc) is 2.34. The van der Waals surface area contributed by atoms with Gasteiger partial charge in [-0.05, 0) is 13.3 Å². The van der Waals surface area contributed by atoms with Crippen molar-refractivity contribution in [1.29, 1.82) is 0 Å². The van der Waals surface area contributed by atoms with Gasteiger partial charge in [-0.15, -0.1) is 0 Å². The maximum absolute atomic E-state index is 4.91. The van der Waals surface area contributed by atoms with Gasteiger partial charge >= 0.3 is 0 Å². The monoisotopic (exact) mass is 204 g/mol. The second-order valence-corrected chi connectivity index (χ2v) is 3.16. The molecule has 0 spiro atoms. The van der Waals surface area contributed by atoms with Crippen molar-refractivity contribution in [2.24, 2.45) is 0 Å². The SMILES string of the molecule is CCC(Br)c1nc(C)no1. The fourth-order valence-electron chi connectivity index (χ4n) is 0.615. The van der Waals surface area contributed by atoms with Crippen LogP contribution in [0.1, 0.15) is 29.9 Å². The summed E-state index contributed by atoms with van der Waals surface area (Å²) >= 11 is 3.40. The van der Waals surface area contributed by atoms with Gasteiger partial charge in [0.05, 0.1) is 4.83 Å². The molecule has 0 bridgehead atoms. The zero-order chi connectivity index (χ0) is 7.56. The van der Waals surface area contributed by atoms with Gasteiger partial charge in [-0.1, -0.05) is 28.0 Å². The first-order valence-electron chi connectivity index (χ1n) is 3.18. The Morgan fingerprint density at radius 2 is 2.40 bits per heavy atom. The van der Waals surface area contributed by atoms with Crippen LogP contribution >= 0.6 is 15.9 Å². The van der Waals surface area contributed by atoms with E-state index in [1.165, 1.54) is 0 Å². The molecule has 0 aliphatic carbocycles. The van der Waals surface area contributed by atoms with Gasteiger partial charge in [-0.3, -0.25) is 0 Å². The Kier molecular flexibility index (Phi) is 2.43. The van der Waals surface area contributed by atoms with Gasteiger partial charge in [-0.2, -0.15) is 4.98 Å². The Bertz CT molecular complexity index is 211. The van der Waals surface area contributed by atoms with Gasteiger partial charge in [0.25, 0.3) is 0 Å². The molecule has 1 aromatic heterocycles. The van der Waals surface area contributed by atoms with Crippen LogP contribution in [0.2, 0.25) is 0 Å². The molecule has 1 rings (SSSR count). The van der Waals surface area contributed by atoms with Gasteiger partial charge in [0.1, 0.15) is 0 Å². The zero-order valence-electron chi connectivity index (χ0n) is 5.97. The van der Waals surface area contributed by atoms with Crippen LogP contribution in [0.15, 0.2) is 4.52 Å². The van der Waals surface area contributed by atoms with Crippen molar-refractivity contribution in [3.63, 3.8) is 0 Å².